The minimum atomic E-state index is -0.849. The van der Waals surface area contributed by atoms with Gasteiger partial charge < -0.3 is 15.6 Å². The normalized spacial score (nSPS) is 13.2. The highest BCUT2D eigenvalue weighted by atomic mass is 32.2. The zero-order valence-corrected chi connectivity index (χ0v) is 20.4. The average Bonchev–Trinajstić information content (AvgIpc) is 3.27. The van der Waals surface area contributed by atoms with Gasteiger partial charge >= 0.3 is 5.97 Å². The first kappa shape index (κ1) is 25.3. The molecule has 0 fully saturated rings. The van der Waals surface area contributed by atoms with Gasteiger partial charge in [0.25, 0.3) is 0 Å². The number of ether oxygens (including phenoxy) is 1. The van der Waals surface area contributed by atoms with Crippen LogP contribution in [0.15, 0.2) is 16.5 Å². The van der Waals surface area contributed by atoms with Crippen molar-refractivity contribution in [1.29, 1.82) is 0 Å². The fourth-order valence-electron chi connectivity index (χ4n) is 3.55. The fourth-order valence-corrected chi connectivity index (χ4v) is 4.74. The van der Waals surface area contributed by atoms with Crippen LogP contribution in [0, 0.1) is 0 Å². The van der Waals surface area contributed by atoms with Gasteiger partial charge in [0.1, 0.15) is 17.2 Å². The van der Waals surface area contributed by atoms with Gasteiger partial charge in [-0.3, -0.25) is 9.93 Å². The van der Waals surface area contributed by atoms with E-state index in [2.05, 4.69) is 32.7 Å². The lowest BCUT2D eigenvalue weighted by Crippen LogP contribution is -2.18. The molecule has 1 aromatic carbocycles. The van der Waals surface area contributed by atoms with Crippen molar-refractivity contribution in [2.45, 2.75) is 76.2 Å². The minimum absolute atomic E-state index is 0.211. The maximum Gasteiger partial charge on any atom is 0.338 e. The number of cyclic esters (lactones) is 1. The Balaban J connectivity index is 0.000000262. The van der Waals surface area contributed by atoms with Gasteiger partial charge in [0, 0.05) is 5.56 Å². The zero-order valence-electron chi connectivity index (χ0n) is 18.8. The molecule has 1 amide bonds. The number of thiazole rings is 1. The maximum atomic E-state index is 11.8. The standard InChI is InChI=1S/C16H21NO3.C6H10N2OS2/c1-8(2)10-5-12-13(7-20-16(12)19)15(9(3)4)11(10)6-14(17)18;1-6(2,9)5-8-3-4(10-5)11-7/h5,8-9H,6-7H2,1-4H3,(H2,17,18);3,9H,7H2,1-2H3. The quantitative estimate of drug-likeness (QED) is 0.435. The summed E-state index contributed by atoms with van der Waals surface area (Å²) in [5.41, 5.74) is 9.16. The monoisotopic (exact) mass is 465 g/mol. The van der Waals surface area contributed by atoms with Crippen LogP contribution in [0.5, 0.6) is 0 Å². The van der Waals surface area contributed by atoms with Crippen molar-refractivity contribution < 1.29 is 19.4 Å². The van der Waals surface area contributed by atoms with E-state index in [1.807, 2.05) is 6.07 Å². The molecule has 5 N–H and O–H groups in total. The first-order valence-corrected chi connectivity index (χ1v) is 11.8. The van der Waals surface area contributed by atoms with E-state index in [9.17, 15) is 14.7 Å². The van der Waals surface area contributed by atoms with Crippen LogP contribution in [-0.4, -0.2) is 22.0 Å². The van der Waals surface area contributed by atoms with Gasteiger partial charge in [0.05, 0.1) is 22.4 Å². The lowest BCUT2D eigenvalue weighted by molar-refractivity contribution is -0.117. The molecule has 0 radical (unpaired) electrons. The number of carbonyl (C=O) groups excluding carboxylic acids is 2. The van der Waals surface area contributed by atoms with E-state index in [1.54, 1.807) is 20.0 Å². The van der Waals surface area contributed by atoms with Gasteiger partial charge in [-0.15, -0.1) is 11.3 Å². The Hall–Kier alpha value is -1.94. The molecule has 0 unspecified atom stereocenters. The number of rotatable bonds is 6. The van der Waals surface area contributed by atoms with Crippen LogP contribution in [0.3, 0.4) is 0 Å². The topological polar surface area (TPSA) is 129 Å². The Morgan fingerprint density at radius 3 is 2.39 bits per heavy atom. The number of benzene rings is 1. The van der Waals surface area contributed by atoms with Gasteiger partial charge in [-0.25, -0.2) is 9.78 Å². The van der Waals surface area contributed by atoms with E-state index >= 15 is 0 Å². The van der Waals surface area contributed by atoms with E-state index in [1.165, 1.54) is 11.3 Å². The molecule has 3 rings (SSSR count). The predicted octanol–water partition coefficient (Wildman–Crippen LogP) is 3.97. The Morgan fingerprint density at radius 1 is 1.32 bits per heavy atom. The van der Waals surface area contributed by atoms with E-state index in [4.69, 9.17) is 15.6 Å². The van der Waals surface area contributed by atoms with Crippen molar-refractivity contribution in [1.82, 2.24) is 4.98 Å². The summed E-state index contributed by atoms with van der Waals surface area (Å²) in [4.78, 5) is 27.3. The van der Waals surface area contributed by atoms with Crippen LogP contribution >= 0.6 is 23.3 Å². The summed E-state index contributed by atoms with van der Waals surface area (Å²) >= 11 is 2.57. The number of aliphatic hydroxyl groups is 1. The van der Waals surface area contributed by atoms with Crippen molar-refractivity contribution in [2.24, 2.45) is 10.9 Å². The molecule has 9 heteroatoms. The number of nitrogens with two attached hydrogens (primary N) is 2. The molecule has 0 spiro atoms. The Kier molecular flexibility index (Phi) is 8.27. The number of hydrogen-bond acceptors (Lipinski definition) is 8. The number of esters is 1. The number of carbonyl (C=O) groups is 2. The van der Waals surface area contributed by atoms with Crippen LogP contribution < -0.4 is 10.9 Å². The van der Waals surface area contributed by atoms with Gasteiger partial charge in [-0.1, -0.05) is 27.7 Å². The summed E-state index contributed by atoms with van der Waals surface area (Å²) in [6.07, 6.45) is 1.88. The first-order valence-electron chi connectivity index (χ1n) is 10.1. The molecule has 0 atom stereocenters. The minimum Gasteiger partial charge on any atom is -0.457 e. The number of amides is 1. The molecule has 0 saturated carbocycles. The molecule has 7 nitrogen and oxygen atoms in total. The van der Waals surface area contributed by atoms with E-state index < -0.39 is 5.60 Å². The largest absolute Gasteiger partial charge is 0.457 e. The molecule has 1 aromatic heterocycles. The third-order valence-corrected chi connectivity index (χ3v) is 6.85. The van der Waals surface area contributed by atoms with Crippen LogP contribution in [0.1, 0.15) is 91.0 Å². The molecule has 0 bridgehead atoms. The summed E-state index contributed by atoms with van der Waals surface area (Å²) in [5, 5.41) is 15.5. The molecule has 170 valence electrons. The van der Waals surface area contributed by atoms with Crippen molar-refractivity contribution >= 4 is 35.2 Å². The van der Waals surface area contributed by atoms with Crippen molar-refractivity contribution in [3.8, 4) is 0 Å². The number of aromatic nitrogens is 1. The second kappa shape index (κ2) is 10.1. The summed E-state index contributed by atoms with van der Waals surface area (Å²) < 4.78 is 6.07. The Bertz CT molecular complexity index is 962. The average molecular weight is 466 g/mol. The van der Waals surface area contributed by atoms with Crippen LogP contribution in [0.4, 0.5) is 0 Å². The molecule has 2 aromatic rings. The highest BCUT2D eigenvalue weighted by molar-refractivity contribution is 7.99. The van der Waals surface area contributed by atoms with Crippen LogP contribution in [-0.2, 0) is 28.2 Å². The van der Waals surface area contributed by atoms with Crippen molar-refractivity contribution in [3.63, 3.8) is 0 Å². The molecule has 2 heterocycles. The first-order chi connectivity index (χ1) is 14.4. The number of primary amides is 1. The van der Waals surface area contributed by atoms with Crippen molar-refractivity contribution in [3.05, 3.63) is 45.1 Å². The van der Waals surface area contributed by atoms with Crippen LogP contribution in [0.2, 0.25) is 0 Å². The van der Waals surface area contributed by atoms with Gasteiger partial charge in [-0.05, 0) is 60.4 Å². The third kappa shape index (κ3) is 6.06. The molecular weight excluding hydrogens is 434 g/mol. The zero-order chi connectivity index (χ0) is 23.5. The Labute approximate surface area is 191 Å². The second-order valence-electron chi connectivity index (χ2n) is 8.57. The van der Waals surface area contributed by atoms with E-state index in [0.29, 0.717) is 17.2 Å². The molecular formula is C22H31N3O4S2. The maximum absolute atomic E-state index is 11.8. The summed E-state index contributed by atoms with van der Waals surface area (Å²) in [7, 11) is 0. The van der Waals surface area contributed by atoms with Gasteiger partial charge in [0.15, 0.2) is 0 Å². The summed E-state index contributed by atoms with van der Waals surface area (Å²) in [5.74, 6) is -0.180. The van der Waals surface area contributed by atoms with E-state index in [0.717, 1.165) is 38.4 Å². The van der Waals surface area contributed by atoms with Crippen molar-refractivity contribution in [2.75, 3.05) is 0 Å². The highest BCUT2D eigenvalue weighted by Gasteiger charge is 2.30. The smallest absolute Gasteiger partial charge is 0.338 e. The fraction of sp³-hybridized carbons (Fsp3) is 0.500. The van der Waals surface area contributed by atoms with Crippen LogP contribution in [0.25, 0.3) is 0 Å². The Morgan fingerprint density at radius 2 is 1.97 bits per heavy atom. The highest BCUT2D eigenvalue weighted by Crippen LogP contribution is 2.37. The molecule has 0 saturated heterocycles. The molecule has 31 heavy (non-hydrogen) atoms. The summed E-state index contributed by atoms with van der Waals surface area (Å²) in [6.45, 7) is 11.9. The molecule has 1 aliphatic rings. The molecule has 1 aliphatic heterocycles. The number of fused-ring (bicyclic) bond motifs is 1. The number of hydrogen-bond donors (Lipinski definition) is 3. The van der Waals surface area contributed by atoms with E-state index in [-0.39, 0.29) is 30.1 Å². The lowest BCUT2D eigenvalue weighted by Gasteiger charge is -2.21. The predicted molar refractivity (Wildman–Crippen MR) is 124 cm³/mol. The van der Waals surface area contributed by atoms with Gasteiger partial charge in [0.2, 0.25) is 5.91 Å². The lowest BCUT2D eigenvalue weighted by atomic mass is 9.82. The SMILES string of the molecule is CC(C)(O)c1ncc(SN)s1.CC(C)c1cc2c(c(C(C)C)c1CC(N)=O)COC2=O. The number of nitrogens with zero attached hydrogens (tertiary/aromatic N) is 1. The third-order valence-electron chi connectivity index (χ3n) is 4.87. The summed E-state index contributed by atoms with van der Waals surface area (Å²) in [6, 6.07) is 1.87. The molecule has 0 aliphatic carbocycles. The second-order valence-corrected chi connectivity index (χ2v) is 10.5. The van der Waals surface area contributed by atoms with Gasteiger partial charge in [-0.2, -0.15) is 0 Å².